The summed E-state index contributed by atoms with van der Waals surface area (Å²) in [5, 5.41) is 15.8. The van der Waals surface area contributed by atoms with Crippen LogP contribution in [0.2, 0.25) is 0 Å². The highest BCUT2D eigenvalue weighted by Crippen LogP contribution is 2.42. The summed E-state index contributed by atoms with van der Waals surface area (Å²) in [6, 6.07) is 76.4. The molecule has 1 aliphatic rings. The van der Waals surface area contributed by atoms with Gasteiger partial charge in [0.05, 0.1) is 22.1 Å². The van der Waals surface area contributed by atoms with Crippen LogP contribution in [0, 0.1) is 0 Å². The lowest BCUT2D eigenvalue weighted by Gasteiger charge is -2.25. The van der Waals surface area contributed by atoms with E-state index in [4.69, 9.17) is 9.98 Å². The van der Waals surface area contributed by atoms with Crippen LogP contribution in [0.4, 0.5) is 0 Å². The van der Waals surface area contributed by atoms with E-state index < -0.39 is 0 Å². The van der Waals surface area contributed by atoms with Crippen molar-refractivity contribution in [2.24, 2.45) is 9.98 Å². The van der Waals surface area contributed by atoms with Gasteiger partial charge in [0.15, 0.2) is 5.84 Å². The van der Waals surface area contributed by atoms with Crippen molar-refractivity contribution in [3.05, 3.63) is 229 Å². The molecule has 0 amide bonds. The number of hydrogen-bond donors (Lipinski definition) is 1. The van der Waals surface area contributed by atoms with Gasteiger partial charge in [-0.1, -0.05) is 170 Å². The van der Waals surface area contributed by atoms with E-state index >= 15 is 0 Å². The van der Waals surface area contributed by atoms with Gasteiger partial charge in [-0.25, -0.2) is 9.98 Å². The van der Waals surface area contributed by atoms with Gasteiger partial charge in [0, 0.05) is 55.0 Å². The molecule has 1 atom stereocenters. The lowest BCUT2D eigenvalue weighted by Crippen LogP contribution is -2.33. The molecule has 1 N–H and O–H groups in total. The molecule has 290 valence electrons. The third kappa shape index (κ3) is 5.28. The van der Waals surface area contributed by atoms with E-state index in [0.29, 0.717) is 0 Å². The van der Waals surface area contributed by atoms with Crippen molar-refractivity contribution in [3.63, 3.8) is 0 Å². The SMILES string of the molecule is c1ccc(C2=NC(c3cccc4ccccc34)=NC(c3cccc4cc(-n5c6ccccc6c6cc7c8ccc9ccccc9c8n(-c8ccccc8)c7cc65)ccc34)N2)cc1. The van der Waals surface area contributed by atoms with Gasteiger partial charge < -0.3 is 14.5 Å². The van der Waals surface area contributed by atoms with E-state index in [-0.39, 0.29) is 6.17 Å². The van der Waals surface area contributed by atoms with Crippen molar-refractivity contribution < 1.29 is 0 Å². The summed E-state index contributed by atoms with van der Waals surface area (Å²) in [6.45, 7) is 0. The number of nitrogens with zero attached hydrogens (tertiary/aromatic N) is 4. The number of benzene rings is 10. The van der Waals surface area contributed by atoms with Crippen molar-refractivity contribution in [3.8, 4) is 11.4 Å². The third-order valence-corrected chi connectivity index (χ3v) is 12.7. The molecule has 0 fully saturated rings. The molecule has 13 rings (SSSR count). The van der Waals surface area contributed by atoms with Crippen molar-refractivity contribution in [2.45, 2.75) is 6.17 Å². The Bertz CT molecular complexity index is 3830. The van der Waals surface area contributed by atoms with Crippen LogP contribution >= 0.6 is 0 Å². The highest BCUT2D eigenvalue weighted by molar-refractivity contribution is 6.23. The van der Waals surface area contributed by atoms with Crippen LogP contribution in [0.5, 0.6) is 0 Å². The van der Waals surface area contributed by atoms with Gasteiger partial charge in [-0.3, -0.25) is 0 Å². The minimum absolute atomic E-state index is 0.358. The van der Waals surface area contributed by atoms with Gasteiger partial charge in [0.2, 0.25) is 0 Å². The summed E-state index contributed by atoms with van der Waals surface area (Å²) in [7, 11) is 0. The van der Waals surface area contributed by atoms with Crippen LogP contribution in [0.3, 0.4) is 0 Å². The van der Waals surface area contributed by atoms with E-state index in [9.17, 15) is 0 Å². The Morgan fingerprint density at radius 3 is 1.89 bits per heavy atom. The third-order valence-electron chi connectivity index (χ3n) is 12.7. The maximum atomic E-state index is 5.36. The van der Waals surface area contributed by atoms with Crippen molar-refractivity contribution in [2.75, 3.05) is 0 Å². The Hall–Kier alpha value is -8.28. The van der Waals surface area contributed by atoms with E-state index in [1.807, 2.05) is 6.07 Å². The van der Waals surface area contributed by atoms with Crippen molar-refractivity contribution >= 4 is 87.6 Å². The molecular formula is C57H37N5. The Morgan fingerprint density at radius 2 is 1.03 bits per heavy atom. The van der Waals surface area contributed by atoms with Gasteiger partial charge in [-0.05, 0) is 69.4 Å². The maximum absolute atomic E-state index is 5.36. The largest absolute Gasteiger partial charge is 0.344 e. The Labute approximate surface area is 357 Å². The van der Waals surface area contributed by atoms with Crippen LogP contribution < -0.4 is 5.32 Å². The highest BCUT2D eigenvalue weighted by Gasteiger charge is 2.24. The van der Waals surface area contributed by atoms with Crippen LogP contribution in [0.1, 0.15) is 22.9 Å². The summed E-state index contributed by atoms with van der Waals surface area (Å²) >= 11 is 0. The highest BCUT2D eigenvalue weighted by atomic mass is 15.2. The van der Waals surface area contributed by atoms with Crippen LogP contribution in [-0.4, -0.2) is 20.8 Å². The molecule has 1 aliphatic heterocycles. The fourth-order valence-electron chi connectivity index (χ4n) is 9.93. The van der Waals surface area contributed by atoms with E-state index in [1.165, 1.54) is 54.4 Å². The average molecular weight is 792 g/mol. The number of rotatable bonds is 5. The number of nitrogens with one attached hydrogen (secondary N) is 1. The van der Waals surface area contributed by atoms with Crippen LogP contribution in [0.15, 0.2) is 222 Å². The molecule has 0 saturated heterocycles. The predicted octanol–water partition coefficient (Wildman–Crippen LogP) is 13.8. The lowest BCUT2D eigenvalue weighted by molar-refractivity contribution is 0.680. The fourth-order valence-corrected chi connectivity index (χ4v) is 9.93. The van der Waals surface area contributed by atoms with Gasteiger partial charge in [-0.2, -0.15) is 0 Å². The molecule has 5 nitrogen and oxygen atoms in total. The molecule has 62 heavy (non-hydrogen) atoms. The minimum atomic E-state index is -0.358. The summed E-state index contributed by atoms with van der Waals surface area (Å²) in [5.41, 5.74) is 10.1. The van der Waals surface area contributed by atoms with Crippen molar-refractivity contribution in [1.29, 1.82) is 0 Å². The number of hydrogen-bond acceptors (Lipinski definition) is 3. The zero-order valence-electron chi connectivity index (χ0n) is 33.6. The zero-order chi connectivity index (χ0) is 40.7. The number of fused-ring (bicyclic) bond motifs is 10. The van der Waals surface area contributed by atoms with Crippen molar-refractivity contribution in [1.82, 2.24) is 14.5 Å². The summed E-state index contributed by atoms with van der Waals surface area (Å²) in [6.07, 6.45) is -0.358. The van der Waals surface area contributed by atoms with E-state index in [1.54, 1.807) is 0 Å². The van der Waals surface area contributed by atoms with E-state index in [0.717, 1.165) is 61.3 Å². The number of amidine groups is 2. The predicted molar refractivity (Wildman–Crippen MR) is 259 cm³/mol. The number of para-hydroxylation sites is 2. The van der Waals surface area contributed by atoms with Crippen LogP contribution in [0.25, 0.3) is 87.3 Å². The molecular weight excluding hydrogens is 755 g/mol. The Morgan fingerprint density at radius 1 is 0.387 bits per heavy atom. The topological polar surface area (TPSA) is 46.6 Å². The van der Waals surface area contributed by atoms with Crippen LogP contribution in [-0.2, 0) is 0 Å². The standard InChI is InChI=1S/C57H37N5/c1-3-17-38(18-4-1)55-58-56(47-26-13-19-36-15-7-9-23-42(36)47)60-57(59-55)48-27-14-20-39-33-41(30-32-43(39)48)61-51-28-12-11-25-45(51)49-34-50-46-31-29-37-16-8-10-24-44(37)54(46)62(53(50)35-52(49)61)40-21-5-2-6-22-40/h1-35,57H,(H,58,59,60). The first-order chi connectivity index (χ1) is 30.7. The second-order valence-corrected chi connectivity index (χ2v) is 16.2. The van der Waals surface area contributed by atoms with Gasteiger partial charge in [-0.15, -0.1) is 0 Å². The first kappa shape index (κ1) is 34.6. The fraction of sp³-hybridized carbons (Fsp3) is 0.0175. The molecule has 0 saturated carbocycles. The Kier molecular flexibility index (Phi) is 7.60. The average Bonchev–Trinajstić information content (AvgIpc) is 3.85. The van der Waals surface area contributed by atoms with Gasteiger partial charge in [0.1, 0.15) is 12.0 Å². The maximum Gasteiger partial charge on any atom is 0.160 e. The summed E-state index contributed by atoms with van der Waals surface area (Å²) < 4.78 is 4.90. The molecule has 0 bridgehead atoms. The summed E-state index contributed by atoms with van der Waals surface area (Å²) in [5.74, 6) is 1.52. The van der Waals surface area contributed by atoms with E-state index in [2.05, 4.69) is 221 Å². The minimum Gasteiger partial charge on any atom is -0.344 e. The molecule has 0 radical (unpaired) electrons. The quantitative estimate of drug-likeness (QED) is 0.185. The van der Waals surface area contributed by atoms with Gasteiger partial charge >= 0.3 is 0 Å². The molecule has 5 heteroatoms. The Balaban J connectivity index is 1.01. The first-order valence-corrected chi connectivity index (χ1v) is 21.2. The molecule has 2 aromatic heterocycles. The smallest absolute Gasteiger partial charge is 0.160 e. The number of aromatic nitrogens is 2. The molecule has 1 unspecified atom stereocenters. The first-order valence-electron chi connectivity index (χ1n) is 21.2. The zero-order valence-corrected chi connectivity index (χ0v) is 33.6. The molecule has 10 aromatic carbocycles. The molecule has 3 heterocycles. The lowest BCUT2D eigenvalue weighted by atomic mass is 10.00. The normalized spacial score (nSPS) is 14.3. The second-order valence-electron chi connectivity index (χ2n) is 16.2. The monoisotopic (exact) mass is 791 g/mol. The second kappa shape index (κ2) is 13.6. The molecule has 12 aromatic rings. The molecule has 0 spiro atoms. The number of aliphatic imine (C=N–C) groups is 2. The summed E-state index contributed by atoms with van der Waals surface area (Å²) in [4.78, 5) is 10.5. The van der Waals surface area contributed by atoms with Gasteiger partial charge in [0.25, 0.3) is 0 Å². The molecule has 0 aliphatic carbocycles.